The third kappa shape index (κ3) is 1.59. The molecule has 0 aromatic carbocycles. The lowest BCUT2D eigenvalue weighted by Crippen LogP contribution is -2.04. The van der Waals surface area contributed by atoms with Crippen LogP contribution < -0.4 is 5.46 Å². The molecule has 44 valence electrons. The molecule has 0 saturated heterocycles. The fourth-order valence-electron chi connectivity index (χ4n) is 0.489. The number of nitrogens with one attached hydrogen (secondary N) is 1. The highest BCUT2D eigenvalue weighted by atomic mass is 32.1. The van der Waals surface area contributed by atoms with Gasteiger partial charge in [-0.25, -0.2) is 0 Å². The van der Waals surface area contributed by atoms with Crippen LogP contribution in [0.1, 0.15) is 0 Å². The van der Waals surface area contributed by atoms with Crippen LogP contribution in [0.25, 0.3) is 0 Å². The minimum atomic E-state index is 0.563. The number of aromatic nitrogens is 1. The van der Waals surface area contributed by atoms with Crippen LogP contribution in [0.5, 0.6) is 0 Å². The Morgan fingerprint density at radius 1 is 1.67 bits per heavy atom. The Kier molecular flexibility index (Phi) is 1.98. The molecule has 0 aliphatic heterocycles. The van der Waals surface area contributed by atoms with Crippen LogP contribution in [-0.2, 0) is 0 Å². The van der Waals surface area contributed by atoms with E-state index in [0.29, 0.717) is 10.1 Å². The van der Waals surface area contributed by atoms with E-state index in [2.05, 4.69) is 17.6 Å². The van der Waals surface area contributed by atoms with E-state index in [1.165, 1.54) is 0 Å². The molecule has 0 amide bonds. The summed E-state index contributed by atoms with van der Waals surface area (Å²) in [5, 5.41) is 0. The standard InChI is InChI=1S/C5H4BNS2/c6-4-1-3(8)2-7-5(4)9/h1-2,8H,(H,7,9). The zero-order valence-electron chi connectivity index (χ0n) is 4.59. The summed E-state index contributed by atoms with van der Waals surface area (Å²) in [6.07, 6.45) is 1.70. The number of thiol groups is 1. The maximum atomic E-state index is 5.44. The van der Waals surface area contributed by atoms with Crippen LogP contribution in [0.15, 0.2) is 17.2 Å². The average Bonchev–Trinajstić information content (AvgIpc) is 1.80. The van der Waals surface area contributed by atoms with Gasteiger partial charge in [-0.2, -0.15) is 0 Å². The molecule has 9 heavy (non-hydrogen) atoms. The maximum absolute atomic E-state index is 5.44. The van der Waals surface area contributed by atoms with Crippen LogP contribution in [-0.4, -0.2) is 12.8 Å². The Labute approximate surface area is 65.3 Å². The van der Waals surface area contributed by atoms with Gasteiger partial charge in [-0.1, -0.05) is 23.7 Å². The number of aromatic amines is 1. The van der Waals surface area contributed by atoms with E-state index >= 15 is 0 Å². The maximum Gasteiger partial charge on any atom is 0.118 e. The third-order valence-electron chi connectivity index (χ3n) is 0.917. The van der Waals surface area contributed by atoms with Gasteiger partial charge in [0, 0.05) is 11.1 Å². The summed E-state index contributed by atoms with van der Waals surface area (Å²) < 4.78 is 0.563. The van der Waals surface area contributed by atoms with E-state index in [4.69, 9.17) is 20.1 Å². The van der Waals surface area contributed by atoms with Crippen molar-refractivity contribution in [3.63, 3.8) is 0 Å². The van der Waals surface area contributed by atoms with E-state index in [9.17, 15) is 0 Å². The normalized spacial score (nSPS) is 9.44. The molecule has 1 aromatic heterocycles. The first-order valence-electron chi connectivity index (χ1n) is 2.37. The molecule has 1 nitrogen and oxygen atoms in total. The Bertz CT molecular complexity index is 268. The van der Waals surface area contributed by atoms with Gasteiger partial charge in [0.2, 0.25) is 0 Å². The molecule has 0 aliphatic rings. The predicted molar refractivity (Wildman–Crippen MR) is 44.3 cm³/mol. The second-order valence-corrected chi connectivity index (χ2v) is 2.57. The van der Waals surface area contributed by atoms with Gasteiger partial charge in [0.05, 0.1) is 4.64 Å². The molecule has 0 unspecified atom stereocenters. The number of hydrogen-bond acceptors (Lipinski definition) is 2. The first-order valence-corrected chi connectivity index (χ1v) is 3.23. The monoisotopic (exact) mass is 153 g/mol. The van der Waals surface area contributed by atoms with Crippen molar-refractivity contribution >= 4 is 38.2 Å². The number of rotatable bonds is 0. The molecule has 4 heteroatoms. The van der Waals surface area contributed by atoms with Crippen molar-refractivity contribution in [1.82, 2.24) is 4.98 Å². The molecular formula is C5H4BNS2. The summed E-state index contributed by atoms with van der Waals surface area (Å²) in [6, 6.07) is 1.71. The van der Waals surface area contributed by atoms with Crippen molar-refractivity contribution in [1.29, 1.82) is 0 Å². The molecule has 0 aliphatic carbocycles. The van der Waals surface area contributed by atoms with Gasteiger partial charge in [0.15, 0.2) is 0 Å². The average molecular weight is 153 g/mol. The first kappa shape index (κ1) is 6.90. The Hall–Kier alpha value is -0.215. The van der Waals surface area contributed by atoms with Gasteiger partial charge >= 0.3 is 0 Å². The minimum Gasteiger partial charge on any atom is -0.352 e. The van der Waals surface area contributed by atoms with Gasteiger partial charge in [-0.05, 0) is 0 Å². The highest BCUT2D eigenvalue weighted by Gasteiger charge is 1.86. The zero-order chi connectivity index (χ0) is 6.85. The highest BCUT2D eigenvalue weighted by molar-refractivity contribution is 7.80. The van der Waals surface area contributed by atoms with Gasteiger partial charge in [-0.3, -0.25) is 0 Å². The molecule has 2 radical (unpaired) electrons. The molecule has 0 fully saturated rings. The van der Waals surface area contributed by atoms with Crippen LogP contribution in [0.2, 0.25) is 0 Å². The SMILES string of the molecule is [B]c1cc(S)c[nH]c1=S. The summed E-state index contributed by atoms with van der Waals surface area (Å²) in [4.78, 5) is 3.57. The quantitative estimate of drug-likeness (QED) is 0.320. The van der Waals surface area contributed by atoms with Crippen molar-refractivity contribution < 1.29 is 0 Å². The van der Waals surface area contributed by atoms with Crippen LogP contribution in [0, 0.1) is 4.64 Å². The Balaban J connectivity index is 3.34. The molecule has 1 N–H and O–H groups in total. The lowest BCUT2D eigenvalue weighted by Gasteiger charge is -1.93. The smallest absolute Gasteiger partial charge is 0.118 e. The Morgan fingerprint density at radius 2 is 2.33 bits per heavy atom. The van der Waals surface area contributed by atoms with E-state index in [1.54, 1.807) is 12.3 Å². The molecule has 1 aromatic rings. The summed E-state index contributed by atoms with van der Waals surface area (Å²) in [5.41, 5.74) is 0.567. The lowest BCUT2D eigenvalue weighted by molar-refractivity contribution is 1.24. The van der Waals surface area contributed by atoms with Crippen molar-refractivity contribution in [2.24, 2.45) is 0 Å². The fourth-order valence-corrected chi connectivity index (χ4v) is 0.811. The van der Waals surface area contributed by atoms with Crippen molar-refractivity contribution in [2.75, 3.05) is 0 Å². The summed E-state index contributed by atoms with van der Waals surface area (Å²) >= 11 is 8.84. The highest BCUT2D eigenvalue weighted by Crippen LogP contribution is 1.97. The van der Waals surface area contributed by atoms with Crippen LogP contribution in [0.3, 0.4) is 0 Å². The topological polar surface area (TPSA) is 15.8 Å². The molecule has 0 spiro atoms. The van der Waals surface area contributed by atoms with Gasteiger partial charge < -0.3 is 4.98 Å². The van der Waals surface area contributed by atoms with E-state index in [0.717, 1.165) is 4.90 Å². The fraction of sp³-hybridized carbons (Fsp3) is 0. The molecule has 1 heterocycles. The van der Waals surface area contributed by atoms with Gasteiger partial charge in [0.1, 0.15) is 7.85 Å². The van der Waals surface area contributed by atoms with Crippen molar-refractivity contribution in [3.8, 4) is 0 Å². The van der Waals surface area contributed by atoms with Crippen molar-refractivity contribution in [3.05, 3.63) is 16.9 Å². The molecule has 0 saturated carbocycles. The molecule has 0 atom stereocenters. The Morgan fingerprint density at radius 3 is 2.78 bits per heavy atom. The number of hydrogen-bond donors (Lipinski definition) is 2. The zero-order valence-corrected chi connectivity index (χ0v) is 6.30. The van der Waals surface area contributed by atoms with Crippen LogP contribution in [0.4, 0.5) is 0 Å². The lowest BCUT2D eigenvalue weighted by atomic mass is 9.99. The number of pyridine rings is 1. The van der Waals surface area contributed by atoms with Gasteiger partial charge in [0.25, 0.3) is 0 Å². The summed E-state index contributed by atoms with van der Waals surface area (Å²) in [5.74, 6) is 0. The van der Waals surface area contributed by atoms with Gasteiger partial charge in [-0.15, -0.1) is 12.6 Å². The number of H-pyrrole nitrogens is 1. The van der Waals surface area contributed by atoms with Crippen LogP contribution >= 0.6 is 24.8 Å². The minimum absolute atomic E-state index is 0.563. The predicted octanol–water partition coefficient (Wildman–Crippen LogP) is 0.827. The summed E-state index contributed by atoms with van der Waals surface area (Å²) in [7, 11) is 5.44. The van der Waals surface area contributed by atoms with Crippen molar-refractivity contribution in [2.45, 2.75) is 4.90 Å². The molecular weight excluding hydrogens is 149 g/mol. The first-order chi connectivity index (χ1) is 4.20. The van der Waals surface area contributed by atoms with E-state index < -0.39 is 0 Å². The van der Waals surface area contributed by atoms with E-state index in [-0.39, 0.29) is 0 Å². The molecule has 0 bridgehead atoms. The van der Waals surface area contributed by atoms with E-state index in [1.807, 2.05) is 0 Å². The second kappa shape index (κ2) is 2.58. The largest absolute Gasteiger partial charge is 0.352 e. The molecule has 1 rings (SSSR count). The second-order valence-electron chi connectivity index (χ2n) is 1.64. The summed E-state index contributed by atoms with van der Waals surface area (Å²) in [6.45, 7) is 0. The third-order valence-corrected chi connectivity index (χ3v) is 1.53.